The first kappa shape index (κ1) is 78.5. The molecule has 554 valence electrons. The van der Waals surface area contributed by atoms with Crippen molar-refractivity contribution in [3.8, 4) is 0 Å². The summed E-state index contributed by atoms with van der Waals surface area (Å²) >= 11 is 0. The fraction of sp³-hybridized carbons (Fsp3) is 0.704. The summed E-state index contributed by atoms with van der Waals surface area (Å²) < 4.78 is 118. The van der Waals surface area contributed by atoms with Gasteiger partial charge in [-0.15, -0.1) is 0 Å². The van der Waals surface area contributed by atoms with Crippen LogP contribution in [-0.2, 0) is 119 Å². The van der Waals surface area contributed by atoms with Gasteiger partial charge in [0.25, 0.3) is 0 Å². The molecule has 6 heterocycles. The molecule has 12 unspecified atom stereocenters. The van der Waals surface area contributed by atoms with Crippen molar-refractivity contribution in [1.29, 1.82) is 0 Å². The van der Waals surface area contributed by atoms with E-state index in [0.29, 0.717) is 6.61 Å². The van der Waals surface area contributed by atoms with Crippen molar-refractivity contribution in [1.82, 2.24) is 0 Å². The van der Waals surface area contributed by atoms with Crippen LogP contribution in [0.1, 0.15) is 107 Å². The van der Waals surface area contributed by atoms with E-state index in [2.05, 4.69) is 37.0 Å². The van der Waals surface area contributed by atoms with Gasteiger partial charge in [-0.2, -0.15) is 0 Å². The van der Waals surface area contributed by atoms with Gasteiger partial charge in [0.15, 0.2) is 37.7 Å². The van der Waals surface area contributed by atoms with Crippen LogP contribution in [0.2, 0.25) is 0 Å². The Kier molecular flexibility index (Phi) is 28.9. The van der Waals surface area contributed by atoms with Gasteiger partial charge in [-0.05, 0) is 71.8 Å². The Labute approximate surface area is 589 Å². The molecule has 101 heavy (non-hydrogen) atoms. The standard InChI is InChI=1S/C71H99N9O21/c1-36-43(8)91-66(40(5)58(36)88-30-49-24-18-15-19-25-49)97-60-38(3)56(76-79-73)70(95-53(60)34-86-47(12)82)100-65-45(10)93-68(42(7)63(65)90-32-51-28-22-17-23-29-51)99-61-39(4)57(77-80-74)71(96-54(61)35-87-48(13)83)101-64-44(9)92-67(41(6)62(64)89-31-50-26-20-16-21-27-50)98-59-37(2)55(75-78-72)69(84-14)94-52(59)33-85-46(11)81/h15-29,36-45,52-71H,30-35H2,1-14H3/t36-,37-,38-,39-,40?,41?,42?,43?,44?,45?,52?,53?,54?,55?,56?,57?,58-,59+,60+,61+,62+,63+,64+,65+,66+,67+,68+,69-,70+,71+/m1/s1. The largest absolute Gasteiger partial charge is 0.463 e. The molecule has 0 aromatic heterocycles. The third-order valence-electron chi connectivity index (χ3n) is 20.2. The van der Waals surface area contributed by atoms with Crippen molar-refractivity contribution in [2.45, 2.75) is 251 Å². The average Bonchev–Trinajstić information content (AvgIpc) is 0.777. The molecule has 0 saturated carbocycles. The van der Waals surface area contributed by atoms with Crippen LogP contribution in [0.25, 0.3) is 31.3 Å². The van der Waals surface area contributed by atoms with Gasteiger partial charge in [-0.25, -0.2) is 0 Å². The highest BCUT2D eigenvalue weighted by Crippen LogP contribution is 2.44. The van der Waals surface area contributed by atoms with E-state index in [4.69, 9.17) is 85.3 Å². The zero-order chi connectivity index (χ0) is 72.6. The summed E-state index contributed by atoms with van der Waals surface area (Å²) in [6.45, 7) is 22.5. The highest BCUT2D eigenvalue weighted by Gasteiger charge is 2.57. The normalized spacial score (nSPS) is 38.7. The monoisotopic (exact) mass is 1410 g/mol. The first-order valence-electron chi connectivity index (χ1n) is 34.8. The minimum absolute atomic E-state index is 0.000817. The summed E-state index contributed by atoms with van der Waals surface area (Å²) in [4.78, 5) is 47.1. The molecule has 0 N–H and O–H groups in total. The van der Waals surface area contributed by atoms with Gasteiger partial charge in [0.1, 0.15) is 50.3 Å². The van der Waals surface area contributed by atoms with Gasteiger partial charge >= 0.3 is 17.9 Å². The van der Waals surface area contributed by atoms with Crippen molar-refractivity contribution >= 4 is 17.9 Å². The molecular formula is C71H99N9O21. The SMILES string of the molecule is CO[C@@H]1OC(COC(C)=O)[C@@H](O[C@@H]2OC(C)[C@H](O[C@@H]3OC(COC(C)=O)[C@@H](O[C@@H]4OC(C)[C@H](O[C@@H]5OC(COC(C)=O)[C@@H](O[C@@H]6OC(C)[C@@H](C)[C@@H](OCc7ccccc7)C6C)[C@H](C)C5N=[N+]=[N-])[C@@H](OCc5ccccc5)C4C)[C@H](C)C3N=[N+]=[N-])[C@@H](OCc3ccccc3)C2C)[C@H](C)C1N=[N+]=[N-]. The minimum atomic E-state index is -1.33. The summed E-state index contributed by atoms with van der Waals surface area (Å²) in [7, 11) is 1.42. The van der Waals surface area contributed by atoms with Crippen molar-refractivity contribution in [2.75, 3.05) is 26.9 Å². The van der Waals surface area contributed by atoms with Gasteiger partial charge in [0.05, 0.1) is 92.9 Å². The molecule has 30 atom stereocenters. The number of carbonyl (C=O) groups is 3. The van der Waals surface area contributed by atoms with E-state index < -0.39 is 177 Å². The minimum Gasteiger partial charge on any atom is -0.463 e. The number of esters is 3. The lowest BCUT2D eigenvalue weighted by Gasteiger charge is -2.52. The van der Waals surface area contributed by atoms with Crippen molar-refractivity contribution < 1.29 is 99.6 Å². The van der Waals surface area contributed by atoms with Crippen LogP contribution in [0.15, 0.2) is 106 Å². The topological polar surface area (TPSA) is 364 Å². The maximum Gasteiger partial charge on any atom is 0.302 e. The van der Waals surface area contributed by atoms with Gasteiger partial charge < -0.3 is 85.3 Å². The number of benzene rings is 3. The molecule has 3 aromatic rings. The maximum absolute atomic E-state index is 12.8. The molecule has 9 rings (SSSR count). The molecule has 6 fully saturated rings. The molecule has 6 aliphatic rings. The Morgan fingerprint density at radius 2 is 0.644 bits per heavy atom. The number of rotatable bonds is 29. The number of nitrogens with zero attached hydrogens (tertiary/aromatic N) is 9. The van der Waals surface area contributed by atoms with Crippen LogP contribution in [-0.4, -0.2) is 186 Å². The fourth-order valence-corrected chi connectivity index (χ4v) is 14.4. The van der Waals surface area contributed by atoms with Crippen molar-refractivity contribution in [3.05, 3.63) is 139 Å². The van der Waals surface area contributed by atoms with E-state index >= 15 is 0 Å². The quantitative estimate of drug-likeness (QED) is 0.0205. The molecular weight excluding hydrogens is 1310 g/mol. The first-order valence-corrected chi connectivity index (χ1v) is 34.8. The lowest BCUT2D eigenvalue weighted by Crippen LogP contribution is -2.64. The summed E-state index contributed by atoms with van der Waals surface area (Å²) in [5.74, 6) is -5.22. The van der Waals surface area contributed by atoms with E-state index in [9.17, 15) is 31.0 Å². The Bertz CT molecular complexity index is 3270. The number of methoxy groups -OCH3 is 1. The third kappa shape index (κ3) is 19.8. The van der Waals surface area contributed by atoms with Crippen LogP contribution in [0.4, 0.5) is 0 Å². The van der Waals surface area contributed by atoms with E-state index in [1.54, 1.807) is 13.8 Å². The molecule has 30 nitrogen and oxygen atoms in total. The third-order valence-corrected chi connectivity index (χ3v) is 20.2. The molecule has 0 radical (unpaired) electrons. The lowest BCUT2D eigenvalue weighted by atomic mass is 9.85. The number of hydrogen-bond donors (Lipinski definition) is 0. The van der Waals surface area contributed by atoms with Gasteiger partial charge in [-0.3, -0.25) is 14.4 Å². The van der Waals surface area contributed by atoms with E-state index in [1.165, 1.54) is 27.9 Å². The second-order valence-electron chi connectivity index (χ2n) is 27.3. The Morgan fingerprint density at radius 3 is 0.960 bits per heavy atom. The summed E-state index contributed by atoms with van der Waals surface area (Å²) in [5, 5.41) is 12.6. The van der Waals surface area contributed by atoms with E-state index in [1.807, 2.05) is 139 Å². The number of ether oxygens (including phenoxy) is 18. The van der Waals surface area contributed by atoms with E-state index in [-0.39, 0.29) is 57.1 Å². The van der Waals surface area contributed by atoms with Crippen LogP contribution in [0.5, 0.6) is 0 Å². The lowest BCUT2D eigenvalue weighted by molar-refractivity contribution is -0.370. The Morgan fingerprint density at radius 1 is 0.356 bits per heavy atom. The molecule has 30 heteroatoms. The van der Waals surface area contributed by atoms with Gasteiger partial charge in [0.2, 0.25) is 0 Å². The van der Waals surface area contributed by atoms with Crippen LogP contribution in [0, 0.1) is 41.4 Å². The van der Waals surface area contributed by atoms with Crippen LogP contribution in [0.3, 0.4) is 0 Å². The second kappa shape index (κ2) is 37.2. The molecule has 0 bridgehead atoms. The molecule has 6 saturated heterocycles. The number of hydrogen-bond acceptors (Lipinski definition) is 24. The first-order chi connectivity index (χ1) is 48.5. The predicted molar refractivity (Wildman–Crippen MR) is 358 cm³/mol. The molecule has 3 aromatic carbocycles. The van der Waals surface area contributed by atoms with Gasteiger partial charge in [-0.1, -0.05) is 155 Å². The average molecular weight is 1410 g/mol. The van der Waals surface area contributed by atoms with Crippen LogP contribution >= 0.6 is 0 Å². The summed E-state index contributed by atoms with van der Waals surface area (Å²) in [5.41, 5.74) is 32.9. The summed E-state index contributed by atoms with van der Waals surface area (Å²) in [6.07, 6.45) is -18.0. The van der Waals surface area contributed by atoms with Crippen molar-refractivity contribution in [3.63, 3.8) is 0 Å². The molecule has 0 aliphatic carbocycles. The number of carbonyl (C=O) groups excluding carboxylic acids is 3. The second-order valence-corrected chi connectivity index (χ2v) is 27.3. The summed E-state index contributed by atoms with van der Waals surface area (Å²) in [6, 6.07) is 26.0. The fourth-order valence-electron chi connectivity index (χ4n) is 14.4. The highest BCUT2D eigenvalue weighted by atomic mass is 16.8. The smallest absolute Gasteiger partial charge is 0.302 e. The van der Waals surface area contributed by atoms with E-state index in [0.717, 1.165) is 16.7 Å². The Hall–Kier alpha value is -6.60. The van der Waals surface area contributed by atoms with Gasteiger partial charge in [0, 0.05) is 66.3 Å². The number of azide groups is 3. The zero-order valence-corrected chi connectivity index (χ0v) is 59.8. The highest BCUT2D eigenvalue weighted by molar-refractivity contribution is 5.66. The van der Waals surface area contributed by atoms with Crippen molar-refractivity contribution in [2.24, 2.45) is 56.8 Å². The molecule has 6 aliphatic heterocycles. The predicted octanol–water partition coefficient (Wildman–Crippen LogP) is 10.9. The molecule has 0 amide bonds. The van der Waals surface area contributed by atoms with Crippen LogP contribution < -0.4 is 0 Å². The Balaban J connectivity index is 0.966. The zero-order valence-electron chi connectivity index (χ0n) is 59.8. The maximum atomic E-state index is 12.8. The molecule has 0 spiro atoms.